The van der Waals surface area contributed by atoms with Crippen LogP contribution in [0.3, 0.4) is 0 Å². The van der Waals surface area contributed by atoms with Crippen molar-refractivity contribution in [2.45, 2.75) is 57.3 Å². The highest BCUT2D eigenvalue weighted by Gasteiger charge is 2.35. The molecule has 1 amide bonds. The first kappa shape index (κ1) is 19.6. The third-order valence-corrected chi connectivity index (χ3v) is 7.03. The summed E-state index contributed by atoms with van der Waals surface area (Å²) in [6.07, 6.45) is 5.44. The standard InChI is InChI=1S/C22H27NO3S/c1-3-18-11-13-20(14-12-18)23(22(24)19-7-5-4-6-8-19)27(25,26)21-15-9-17(2)10-16-21/h9-16,19H,3-8H2,1-2H3. The van der Waals surface area contributed by atoms with Crippen LogP contribution in [-0.2, 0) is 21.2 Å². The third-order valence-electron chi connectivity index (χ3n) is 5.29. The van der Waals surface area contributed by atoms with Gasteiger partial charge in [-0.15, -0.1) is 0 Å². The van der Waals surface area contributed by atoms with Crippen LogP contribution in [0.15, 0.2) is 53.4 Å². The van der Waals surface area contributed by atoms with Gasteiger partial charge in [0, 0.05) is 5.92 Å². The second-order valence-corrected chi connectivity index (χ2v) is 9.06. The molecule has 0 unspecified atom stereocenters. The topological polar surface area (TPSA) is 54.5 Å². The van der Waals surface area contributed by atoms with E-state index in [1.165, 1.54) is 0 Å². The van der Waals surface area contributed by atoms with Gasteiger partial charge in [0.15, 0.2) is 0 Å². The van der Waals surface area contributed by atoms with Gasteiger partial charge in [0.05, 0.1) is 10.6 Å². The number of anilines is 1. The van der Waals surface area contributed by atoms with E-state index in [1.807, 2.05) is 26.0 Å². The minimum absolute atomic E-state index is 0.150. The molecule has 2 aromatic carbocycles. The molecule has 2 aromatic rings. The molecular weight excluding hydrogens is 358 g/mol. The van der Waals surface area contributed by atoms with E-state index in [1.54, 1.807) is 36.4 Å². The van der Waals surface area contributed by atoms with Crippen LogP contribution in [-0.4, -0.2) is 14.3 Å². The molecule has 0 saturated heterocycles. The molecular formula is C22H27NO3S. The smallest absolute Gasteiger partial charge is 0.270 e. The van der Waals surface area contributed by atoms with Gasteiger partial charge in [-0.05, 0) is 56.0 Å². The zero-order valence-electron chi connectivity index (χ0n) is 16.0. The summed E-state index contributed by atoms with van der Waals surface area (Å²) < 4.78 is 27.8. The molecule has 0 radical (unpaired) electrons. The van der Waals surface area contributed by atoms with Crippen LogP contribution in [0.1, 0.15) is 50.2 Å². The lowest BCUT2D eigenvalue weighted by molar-refractivity contribution is -0.122. The Hall–Kier alpha value is -2.14. The molecule has 0 atom stereocenters. The van der Waals surface area contributed by atoms with E-state index in [4.69, 9.17) is 0 Å². The zero-order valence-corrected chi connectivity index (χ0v) is 16.8. The maximum Gasteiger partial charge on any atom is 0.270 e. The Morgan fingerprint density at radius 3 is 2.11 bits per heavy atom. The molecule has 5 heteroatoms. The molecule has 1 saturated carbocycles. The number of aryl methyl sites for hydroxylation is 2. The highest BCUT2D eigenvalue weighted by atomic mass is 32.2. The molecule has 1 fully saturated rings. The summed E-state index contributed by atoms with van der Waals surface area (Å²) in [5, 5.41) is 0. The van der Waals surface area contributed by atoms with Crippen molar-refractivity contribution >= 4 is 21.6 Å². The monoisotopic (exact) mass is 385 g/mol. The molecule has 0 bridgehead atoms. The second-order valence-electron chi connectivity index (χ2n) is 7.28. The van der Waals surface area contributed by atoms with Crippen molar-refractivity contribution in [2.75, 3.05) is 4.31 Å². The van der Waals surface area contributed by atoms with Gasteiger partial charge in [0.1, 0.15) is 0 Å². The van der Waals surface area contributed by atoms with Crippen LogP contribution in [0.4, 0.5) is 5.69 Å². The number of hydrogen-bond donors (Lipinski definition) is 0. The van der Waals surface area contributed by atoms with Gasteiger partial charge in [-0.2, -0.15) is 0 Å². The van der Waals surface area contributed by atoms with Crippen molar-refractivity contribution in [3.8, 4) is 0 Å². The number of benzene rings is 2. The van der Waals surface area contributed by atoms with Gasteiger partial charge >= 0.3 is 0 Å². The molecule has 27 heavy (non-hydrogen) atoms. The summed E-state index contributed by atoms with van der Waals surface area (Å²) in [6, 6.07) is 13.9. The lowest BCUT2D eigenvalue weighted by Gasteiger charge is -2.29. The van der Waals surface area contributed by atoms with Gasteiger partial charge in [-0.25, -0.2) is 12.7 Å². The summed E-state index contributed by atoms with van der Waals surface area (Å²) in [5.41, 5.74) is 2.51. The van der Waals surface area contributed by atoms with E-state index in [-0.39, 0.29) is 16.7 Å². The Morgan fingerprint density at radius 1 is 0.963 bits per heavy atom. The molecule has 0 aliphatic heterocycles. The maximum absolute atomic E-state index is 13.4. The lowest BCUT2D eigenvalue weighted by atomic mass is 9.88. The van der Waals surface area contributed by atoms with Crippen LogP contribution >= 0.6 is 0 Å². The van der Waals surface area contributed by atoms with Crippen molar-refractivity contribution in [3.05, 3.63) is 59.7 Å². The number of amides is 1. The summed E-state index contributed by atoms with van der Waals surface area (Å²) in [6.45, 7) is 3.95. The molecule has 0 spiro atoms. The van der Waals surface area contributed by atoms with Crippen molar-refractivity contribution in [1.82, 2.24) is 0 Å². The normalized spacial score (nSPS) is 15.5. The summed E-state index contributed by atoms with van der Waals surface area (Å²) in [4.78, 5) is 13.4. The molecule has 1 aliphatic carbocycles. The minimum atomic E-state index is -3.96. The summed E-state index contributed by atoms with van der Waals surface area (Å²) >= 11 is 0. The molecule has 0 aromatic heterocycles. The number of carbonyl (C=O) groups excluding carboxylic acids is 1. The minimum Gasteiger partial charge on any atom is -0.273 e. The van der Waals surface area contributed by atoms with E-state index in [0.717, 1.165) is 54.0 Å². The van der Waals surface area contributed by atoms with Crippen molar-refractivity contribution in [2.24, 2.45) is 5.92 Å². The van der Waals surface area contributed by atoms with Crippen molar-refractivity contribution in [1.29, 1.82) is 0 Å². The Labute approximate surface area is 162 Å². The number of sulfonamides is 1. The van der Waals surface area contributed by atoms with E-state index in [0.29, 0.717) is 5.69 Å². The molecule has 1 aliphatic rings. The Balaban J connectivity index is 2.05. The largest absolute Gasteiger partial charge is 0.273 e. The van der Waals surface area contributed by atoms with Crippen LogP contribution in [0.5, 0.6) is 0 Å². The van der Waals surface area contributed by atoms with Crippen molar-refractivity contribution in [3.63, 3.8) is 0 Å². The summed E-state index contributed by atoms with van der Waals surface area (Å²) in [7, 11) is -3.96. The van der Waals surface area contributed by atoms with Crippen molar-refractivity contribution < 1.29 is 13.2 Å². The fraction of sp³-hybridized carbons (Fsp3) is 0.409. The average Bonchev–Trinajstić information content (AvgIpc) is 2.69. The Kier molecular flexibility index (Phi) is 6.00. The lowest BCUT2D eigenvalue weighted by Crippen LogP contribution is -2.41. The summed E-state index contributed by atoms with van der Waals surface area (Å²) in [5.74, 6) is -0.538. The van der Waals surface area contributed by atoms with Crippen LogP contribution < -0.4 is 4.31 Å². The average molecular weight is 386 g/mol. The first-order valence-corrected chi connectivity index (χ1v) is 11.1. The molecule has 4 nitrogen and oxygen atoms in total. The zero-order chi connectivity index (χ0) is 19.4. The van der Waals surface area contributed by atoms with Crippen LogP contribution in [0, 0.1) is 12.8 Å². The van der Waals surface area contributed by atoms with Crippen LogP contribution in [0.25, 0.3) is 0 Å². The van der Waals surface area contributed by atoms with Gasteiger partial charge < -0.3 is 0 Å². The highest BCUT2D eigenvalue weighted by Crippen LogP contribution is 2.31. The van der Waals surface area contributed by atoms with Gasteiger partial charge in [0.25, 0.3) is 10.0 Å². The number of nitrogens with zero attached hydrogens (tertiary/aromatic N) is 1. The number of rotatable bonds is 5. The molecule has 0 N–H and O–H groups in total. The van der Waals surface area contributed by atoms with Crippen LogP contribution in [0.2, 0.25) is 0 Å². The Bertz CT molecular complexity index is 880. The number of carbonyl (C=O) groups is 1. The Morgan fingerprint density at radius 2 is 1.56 bits per heavy atom. The predicted octanol–water partition coefficient (Wildman–Crippen LogP) is 4.86. The fourth-order valence-electron chi connectivity index (χ4n) is 3.58. The maximum atomic E-state index is 13.4. The highest BCUT2D eigenvalue weighted by molar-refractivity contribution is 7.93. The van der Waals surface area contributed by atoms with Gasteiger partial charge in [-0.1, -0.05) is 56.0 Å². The third kappa shape index (κ3) is 4.24. The molecule has 3 rings (SSSR count). The molecule has 144 valence electrons. The van der Waals surface area contributed by atoms with E-state index >= 15 is 0 Å². The second kappa shape index (κ2) is 8.26. The quantitative estimate of drug-likeness (QED) is 0.738. The first-order chi connectivity index (χ1) is 12.9. The van der Waals surface area contributed by atoms with Gasteiger partial charge in [-0.3, -0.25) is 4.79 Å². The first-order valence-electron chi connectivity index (χ1n) is 9.68. The van der Waals surface area contributed by atoms with E-state index in [9.17, 15) is 13.2 Å². The van der Waals surface area contributed by atoms with Gasteiger partial charge in [0.2, 0.25) is 5.91 Å². The number of hydrogen-bond acceptors (Lipinski definition) is 3. The SMILES string of the molecule is CCc1ccc(N(C(=O)C2CCCCC2)S(=O)(=O)c2ccc(C)cc2)cc1. The van der Waals surface area contributed by atoms with E-state index in [2.05, 4.69) is 0 Å². The fourth-order valence-corrected chi connectivity index (χ4v) is 5.06. The predicted molar refractivity (Wildman–Crippen MR) is 108 cm³/mol. The van der Waals surface area contributed by atoms with E-state index < -0.39 is 10.0 Å². The molecule has 0 heterocycles.